The molecule has 5 nitrogen and oxygen atoms in total. The molecule has 100 valence electrons. The van der Waals surface area contributed by atoms with Crippen LogP contribution in [0.4, 0.5) is 0 Å². The van der Waals surface area contributed by atoms with Crippen molar-refractivity contribution in [1.29, 1.82) is 0 Å². The van der Waals surface area contributed by atoms with Crippen molar-refractivity contribution in [2.45, 2.75) is 32.5 Å². The number of hydrogen-bond donors (Lipinski definition) is 1. The van der Waals surface area contributed by atoms with Gasteiger partial charge in [-0.1, -0.05) is 0 Å². The normalized spacial score (nSPS) is 22.5. The van der Waals surface area contributed by atoms with Gasteiger partial charge in [-0.15, -0.1) is 0 Å². The van der Waals surface area contributed by atoms with Crippen molar-refractivity contribution in [3.8, 4) is 0 Å². The maximum atomic E-state index is 11.5. The largest absolute Gasteiger partial charge is 0.374 e. The SMILES string of the molecule is CN1CCOC(CNC(=O)COC(C)(C)C)C1. The lowest BCUT2D eigenvalue weighted by Gasteiger charge is -2.30. The molecule has 0 saturated carbocycles. The van der Waals surface area contributed by atoms with Crippen LogP contribution < -0.4 is 5.32 Å². The fraction of sp³-hybridized carbons (Fsp3) is 0.917. The van der Waals surface area contributed by atoms with E-state index in [2.05, 4.69) is 17.3 Å². The fourth-order valence-electron chi connectivity index (χ4n) is 1.55. The molecule has 1 aliphatic rings. The first kappa shape index (κ1) is 14.4. The lowest BCUT2D eigenvalue weighted by atomic mass is 10.2. The lowest BCUT2D eigenvalue weighted by Crippen LogP contribution is -2.46. The minimum Gasteiger partial charge on any atom is -0.374 e. The number of carbonyl (C=O) groups is 1. The molecule has 0 spiro atoms. The summed E-state index contributed by atoms with van der Waals surface area (Å²) in [5.74, 6) is -0.0863. The van der Waals surface area contributed by atoms with Gasteiger partial charge in [0.15, 0.2) is 0 Å². The lowest BCUT2D eigenvalue weighted by molar-refractivity contribution is -0.131. The van der Waals surface area contributed by atoms with Gasteiger partial charge < -0.3 is 19.7 Å². The molecule has 1 heterocycles. The standard InChI is InChI=1S/C12H24N2O3/c1-12(2,3)17-9-11(15)13-7-10-8-14(4)5-6-16-10/h10H,5-9H2,1-4H3,(H,13,15). The zero-order valence-corrected chi connectivity index (χ0v) is 11.3. The molecule has 0 aromatic rings. The minimum atomic E-state index is -0.279. The Balaban J connectivity index is 2.15. The molecule has 1 aliphatic heterocycles. The number of amides is 1. The van der Waals surface area contributed by atoms with Crippen LogP contribution >= 0.6 is 0 Å². The second-order valence-corrected chi connectivity index (χ2v) is 5.46. The summed E-state index contributed by atoms with van der Waals surface area (Å²) < 4.78 is 10.9. The van der Waals surface area contributed by atoms with E-state index in [0.29, 0.717) is 6.54 Å². The van der Waals surface area contributed by atoms with Crippen molar-refractivity contribution in [3.63, 3.8) is 0 Å². The van der Waals surface area contributed by atoms with Crippen LogP contribution in [0.5, 0.6) is 0 Å². The number of carbonyl (C=O) groups excluding carboxylic acids is 1. The Morgan fingerprint density at radius 2 is 2.24 bits per heavy atom. The fourth-order valence-corrected chi connectivity index (χ4v) is 1.55. The molecule has 1 amide bonds. The zero-order valence-electron chi connectivity index (χ0n) is 11.3. The number of morpholine rings is 1. The molecule has 1 fully saturated rings. The highest BCUT2D eigenvalue weighted by atomic mass is 16.5. The van der Waals surface area contributed by atoms with Gasteiger partial charge in [0, 0.05) is 19.6 Å². The van der Waals surface area contributed by atoms with Gasteiger partial charge in [-0.25, -0.2) is 0 Å². The number of nitrogens with one attached hydrogen (secondary N) is 1. The summed E-state index contributed by atoms with van der Waals surface area (Å²) in [5, 5.41) is 2.83. The Morgan fingerprint density at radius 3 is 2.82 bits per heavy atom. The summed E-state index contributed by atoms with van der Waals surface area (Å²) in [7, 11) is 2.06. The first-order valence-electron chi connectivity index (χ1n) is 6.07. The molecule has 1 unspecified atom stereocenters. The van der Waals surface area contributed by atoms with Crippen LogP contribution in [0.25, 0.3) is 0 Å². The first-order chi connectivity index (χ1) is 7.87. The third kappa shape index (κ3) is 6.61. The van der Waals surface area contributed by atoms with Crippen molar-refractivity contribution in [2.75, 3.05) is 39.9 Å². The predicted molar refractivity (Wildman–Crippen MR) is 66.0 cm³/mol. The van der Waals surface area contributed by atoms with Gasteiger partial charge in [0.25, 0.3) is 0 Å². The molecule has 1 saturated heterocycles. The summed E-state index contributed by atoms with van der Waals surface area (Å²) in [6.45, 7) is 8.99. The van der Waals surface area contributed by atoms with Crippen molar-refractivity contribution in [3.05, 3.63) is 0 Å². The molecule has 1 rings (SSSR count). The molecular weight excluding hydrogens is 220 g/mol. The Hall–Kier alpha value is -0.650. The molecule has 1 atom stereocenters. The third-order valence-corrected chi connectivity index (χ3v) is 2.51. The molecule has 17 heavy (non-hydrogen) atoms. The van der Waals surface area contributed by atoms with E-state index in [1.54, 1.807) is 0 Å². The van der Waals surface area contributed by atoms with E-state index in [9.17, 15) is 4.79 Å². The van der Waals surface area contributed by atoms with Gasteiger partial charge in [0.1, 0.15) is 6.61 Å². The number of hydrogen-bond acceptors (Lipinski definition) is 4. The number of rotatable bonds is 4. The van der Waals surface area contributed by atoms with Crippen LogP contribution in [-0.2, 0) is 14.3 Å². The smallest absolute Gasteiger partial charge is 0.246 e. The monoisotopic (exact) mass is 244 g/mol. The molecule has 1 N–H and O–H groups in total. The number of likely N-dealkylation sites (N-methyl/N-ethyl adjacent to an activating group) is 1. The number of ether oxygens (including phenoxy) is 2. The van der Waals surface area contributed by atoms with Crippen molar-refractivity contribution in [1.82, 2.24) is 10.2 Å². The van der Waals surface area contributed by atoms with Gasteiger partial charge in [0.2, 0.25) is 5.91 Å². The highest BCUT2D eigenvalue weighted by Gasteiger charge is 2.19. The second-order valence-electron chi connectivity index (χ2n) is 5.46. The van der Waals surface area contributed by atoms with Gasteiger partial charge in [-0.2, -0.15) is 0 Å². The molecule has 0 aromatic carbocycles. The van der Waals surface area contributed by atoms with E-state index in [0.717, 1.165) is 19.7 Å². The van der Waals surface area contributed by atoms with Gasteiger partial charge in [0.05, 0.1) is 18.3 Å². The van der Waals surface area contributed by atoms with Gasteiger partial charge >= 0.3 is 0 Å². The van der Waals surface area contributed by atoms with Crippen LogP contribution in [-0.4, -0.2) is 62.4 Å². The third-order valence-electron chi connectivity index (χ3n) is 2.51. The van der Waals surface area contributed by atoms with E-state index < -0.39 is 0 Å². The van der Waals surface area contributed by atoms with Crippen molar-refractivity contribution >= 4 is 5.91 Å². The van der Waals surface area contributed by atoms with Gasteiger partial charge in [-0.3, -0.25) is 4.79 Å². The average Bonchev–Trinajstić information content (AvgIpc) is 2.23. The molecule has 0 radical (unpaired) electrons. The Kier molecular flexibility index (Phi) is 5.36. The highest BCUT2D eigenvalue weighted by molar-refractivity contribution is 5.77. The Morgan fingerprint density at radius 1 is 1.53 bits per heavy atom. The Bertz CT molecular complexity index is 251. The summed E-state index contributed by atoms with van der Waals surface area (Å²) in [6.07, 6.45) is 0.0901. The van der Waals surface area contributed by atoms with E-state index in [-0.39, 0.29) is 24.2 Å². The summed E-state index contributed by atoms with van der Waals surface area (Å²) in [4.78, 5) is 13.7. The Labute approximate surface area is 103 Å². The van der Waals surface area contributed by atoms with Crippen molar-refractivity contribution in [2.24, 2.45) is 0 Å². The molecular formula is C12H24N2O3. The van der Waals surface area contributed by atoms with E-state index in [4.69, 9.17) is 9.47 Å². The molecule has 0 bridgehead atoms. The predicted octanol–water partition coefficient (Wildman–Crippen LogP) is 0.248. The quantitative estimate of drug-likeness (QED) is 0.770. The van der Waals surface area contributed by atoms with Crippen LogP contribution in [0.3, 0.4) is 0 Å². The summed E-state index contributed by atoms with van der Waals surface area (Å²) in [5.41, 5.74) is -0.279. The average molecular weight is 244 g/mol. The van der Waals surface area contributed by atoms with Crippen molar-refractivity contribution < 1.29 is 14.3 Å². The van der Waals surface area contributed by atoms with Gasteiger partial charge in [-0.05, 0) is 27.8 Å². The van der Waals surface area contributed by atoms with E-state index >= 15 is 0 Å². The maximum absolute atomic E-state index is 11.5. The molecule has 0 aliphatic carbocycles. The van der Waals surface area contributed by atoms with E-state index in [1.165, 1.54) is 0 Å². The van der Waals surface area contributed by atoms with Crippen LogP contribution in [0.1, 0.15) is 20.8 Å². The van der Waals surface area contributed by atoms with E-state index in [1.807, 2.05) is 20.8 Å². The molecule has 0 aromatic heterocycles. The summed E-state index contributed by atoms with van der Waals surface area (Å²) in [6, 6.07) is 0. The zero-order chi connectivity index (χ0) is 12.9. The highest BCUT2D eigenvalue weighted by Crippen LogP contribution is 2.05. The van der Waals surface area contributed by atoms with Crippen LogP contribution in [0.2, 0.25) is 0 Å². The summed E-state index contributed by atoms with van der Waals surface area (Å²) >= 11 is 0. The van der Waals surface area contributed by atoms with Crippen LogP contribution in [0, 0.1) is 0 Å². The molecule has 5 heteroatoms. The first-order valence-corrected chi connectivity index (χ1v) is 6.07. The number of nitrogens with zero attached hydrogens (tertiary/aromatic N) is 1. The second kappa shape index (κ2) is 6.33. The maximum Gasteiger partial charge on any atom is 0.246 e. The minimum absolute atomic E-state index is 0.0863. The van der Waals surface area contributed by atoms with Crippen LogP contribution in [0.15, 0.2) is 0 Å². The topological polar surface area (TPSA) is 50.8 Å².